The third-order valence-electron chi connectivity index (χ3n) is 3.00. The minimum Gasteiger partial charge on any atom is -0.475 e. The van der Waals surface area contributed by atoms with Gasteiger partial charge in [0.25, 0.3) is 0 Å². The number of aromatic carboxylic acids is 1. The number of benzene rings is 2. The Morgan fingerprint density at radius 3 is 2.63 bits per heavy atom. The van der Waals surface area contributed by atoms with Crippen LogP contribution in [0, 0.1) is 0 Å². The summed E-state index contributed by atoms with van der Waals surface area (Å²) in [5.74, 6) is -1.06. The van der Waals surface area contributed by atoms with Gasteiger partial charge in [-0.15, -0.1) is 0 Å². The van der Waals surface area contributed by atoms with Gasteiger partial charge in [0.1, 0.15) is 0 Å². The summed E-state index contributed by atoms with van der Waals surface area (Å²) in [6, 6.07) is 15.9. The number of rotatable bonds is 3. The maximum absolute atomic E-state index is 10.9. The van der Waals surface area contributed by atoms with Crippen molar-refractivity contribution in [1.29, 1.82) is 0 Å². The lowest BCUT2D eigenvalue weighted by Crippen LogP contribution is -1.97. The van der Waals surface area contributed by atoms with Gasteiger partial charge in [-0.25, -0.2) is 9.78 Å². The third kappa shape index (κ3) is 2.33. The monoisotopic (exact) mass is 252 g/mol. The molecule has 19 heavy (non-hydrogen) atoms. The highest BCUT2D eigenvalue weighted by atomic mass is 16.4. The van der Waals surface area contributed by atoms with Crippen molar-refractivity contribution in [3.05, 3.63) is 65.5 Å². The van der Waals surface area contributed by atoms with Crippen LogP contribution in [0.3, 0.4) is 0 Å². The fraction of sp³-hybridized carbons (Fsp3) is 0.0667. The second kappa shape index (κ2) is 4.57. The Kier molecular flexibility index (Phi) is 2.76. The average molecular weight is 252 g/mol. The molecule has 3 aromatic rings. The highest BCUT2D eigenvalue weighted by Gasteiger charge is 2.09. The zero-order chi connectivity index (χ0) is 13.2. The predicted octanol–water partition coefficient (Wildman–Crippen LogP) is 2.85. The number of imidazole rings is 1. The van der Waals surface area contributed by atoms with Crippen LogP contribution in [-0.4, -0.2) is 21.0 Å². The molecular formula is C15H12N2O2. The summed E-state index contributed by atoms with van der Waals surface area (Å²) < 4.78 is 0. The van der Waals surface area contributed by atoms with Crippen LogP contribution in [0.15, 0.2) is 48.5 Å². The Labute approximate surface area is 109 Å². The molecule has 0 bridgehead atoms. The fourth-order valence-electron chi connectivity index (χ4n) is 2.10. The molecule has 4 heteroatoms. The Hall–Kier alpha value is -2.62. The van der Waals surface area contributed by atoms with Gasteiger partial charge in [-0.3, -0.25) is 0 Å². The van der Waals surface area contributed by atoms with Gasteiger partial charge in [-0.1, -0.05) is 36.4 Å². The lowest BCUT2D eigenvalue weighted by molar-refractivity contribution is 0.0685. The van der Waals surface area contributed by atoms with E-state index in [0.717, 1.165) is 17.5 Å². The van der Waals surface area contributed by atoms with E-state index in [0.29, 0.717) is 5.52 Å². The molecule has 4 nitrogen and oxygen atoms in total. The third-order valence-corrected chi connectivity index (χ3v) is 3.00. The van der Waals surface area contributed by atoms with Crippen LogP contribution in [0.4, 0.5) is 0 Å². The molecule has 3 rings (SSSR count). The summed E-state index contributed by atoms with van der Waals surface area (Å²) in [5, 5.41) is 8.90. The highest BCUT2D eigenvalue weighted by Crippen LogP contribution is 2.16. The van der Waals surface area contributed by atoms with Crippen molar-refractivity contribution in [2.75, 3.05) is 0 Å². The van der Waals surface area contributed by atoms with Crippen LogP contribution >= 0.6 is 0 Å². The molecule has 0 aliphatic carbocycles. The molecule has 0 atom stereocenters. The molecule has 0 spiro atoms. The van der Waals surface area contributed by atoms with Gasteiger partial charge in [0, 0.05) is 0 Å². The quantitative estimate of drug-likeness (QED) is 0.753. The molecule has 1 heterocycles. The largest absolute Gasteiger partial charge is 0.475 e. The molecule has 0 saturated carbocycles. The van der Waals surface area contributed by atoms with Crippen molar-refractivity contribution < 1.29 is 9.90 Å². The number of nitrogens with one attached hydrogen (secondary N) is 1. The maximum atomic E-state index is 10.9. The Balaban J connectivity index is 1.95. The van der Waals surface area contributed by atoms with Crippen LogP contribution in [0.25, 0.3) is 11.0 Å². The first-order valence-corrected chi connectivity index (χ1v) is 5.98. The first kappa shape index (κ1) is 11.5. The highest BCUT2D eigenvalue weighted by molar-refractivity contribution is 5.89. The van der Waals surface area contributed by atoms with E-state index in [-0.39, 0.29) is 5.82 Å². The second-order valence-corrected chi connectivity index (χ2v) is 4.40. The standard InChI is InChI=1S/C15H12N2O2/c18-15(19)14-16-12-7-6-11(9-13(12)17-14)8-10-4-2-1-3-5-10/h1-7,9H,8H2,(H,16,17)(H,18,19). The number of aromatic amines is 1. The Morgan fingerprint density at radius 1 is 1.11 bits per heavy atom. The number of fused-ring (bicyclic) bond motifs is 1. The number of carboxylic acid groups (broad SMARTS) is 1. The van der Waals surface area contributed by atoms with Crippen molar-refractivity contribution in [1.82, 2.24) is 9.97 Å². The van der Waals surface area contributed by atoms with Crippen molar-refractivity contribution >= 4 is 17.0 Å². The van der Waals surface area contributed by atoms with Gasteiger partial charge in [0.05, 0.1) is 11.0 Å². The number of carbonyl (C=O) groups is 1. The number of hydrogen-bond donors (Lipinski definition) is 2. The topological polar surface area (TPSA) is 66.0 Å². The molecule has 0 radical (unpaired) electrons. The van der Waals surface area contributed by atoms with Gasteiger partial charge in [0.2, 0.25) is 5.82 Å². The van der Waals surface area contributed by atoms with Crippen LogP contribution < -0.4 is 0 Å². The van der Waals surface area contributed by atoms with Gasteiger partial charge in [-0.05, 0) is 29.7 Å². The first-order valence-electron chi connectivity index (χ1n) is 5.98. The first-order chi connectivity index (χ1) is 9.22. The van der Waals surface area contributed by atoms with E-state index < -0.39 is 5.97 Å². The van der Waals surface area contributed by atoms with Gasteiger partial charge < -0.3 is 10.1 Å². The number of hydrogen-bond acceptors (Lipinski definition) is 2. The number of H-pyrrole nitrogens is 1. The van der Waals surface area contributed by atoms with Crippen molar-refractivity contribution in [3.8, 4) is 0 Å². The molecule has 0 aliphatic rings. The van der Waals surface area contributed by atoms with E-state index in [1.807, 2.05) is 36.4 Å². The summed E-state index contributed by atoms with van der Waals surface area (Å²) in [6.45, 7) is 0. The van der Waals surface area contributed by atoms with Crippen LogP contribution in [0.1, 0.15) is 21.7 Å². The van der Waals surface area contributed by atoms with Gasteiger partial charge in [-0.2, -0.15) is 0 Å². The molecule has 94 valence electrons. The van der Waals surface area contributed by atoms with E-state index in [1.165, 1.54) is 5.56 Å². The molecule has 0 aliphatic heterocycles. The van der Waals surface area contributed by atoms with E-state index in [1.54, 1.807) is 0 Å². The average Bonchev–Trinajstić information content (AvgIpc) is 2.83. The van der Waals surface area contributed by atoms with Crippen molar-refractivity contribution in [2.45, 2.75) is 6.42 Å². The molecule has 0 saturated heterocycles. The summed E-state index contributed by atoms with van der Waals surface area (Å²) in [4.78, 5) is 17.7. The van der Waals surface area contributed by atoms with E-state index in [4.69, 9.17) is 5.11 Å². The molecular weight excluding hydrogens is 240 g/mol. The molecule has 0 amide bonds. The lowest BCUT2D eigenvalue weighted by Gasteiger charge is -2.01. The summed E-state index contributed by atoms with van der Waals surface area (Å²) in [6.07, 6.45) is 0.818. The number of aromatic nitrogens is 2. The molecule has 0 unspecified atom stereocenters. The molecule has 1 aromatic heterocycles. The minimum atomic E-state index is -1.04. The van der Waals surface area contributed by atoms with Crippen LogP contribution in [0.5, 0.6) is 0 Å². The SMILES string of the molecule is O=C(O)c1nc2ccc(Cc3ccccc3)cc2[nH]1. The molecule has 2 aromatic carbocycles. The second-order valence-electron chi connectivity index (χ2n) is 4.40. The number of carboxylic acids is 1. The fourth-order valence-corrected chi connectivity index (χ4v) is 2.10. The molecule has 2 N–H and O–H groups in total. The van der Waals surface area contributed by atoms with Crippen LogP contribution in [-0.2, 0) is 6.42 Å². The van der Waals surface area contributed by atoms with Gasteiger partial charge >= 0.3 is 5.97 Å². The maximum Gasteiger partial charge on any atom is 0.371 e. The predicted molar refractivity (Wildman–Crippen MR) is 72.3 cm³/mol. The van der Waals surface area contributed by atoms with Crippen LogP contribution in [0.2, 0.25) is 0 Å². The van der Waals surface area contributed by atoms with Crippen molar-refractivity contribution in [2.24, 2.45) is 0 Å². The Morgan fingerprint density at radius 2 is 1.89 bits per heavy atom. The van der Waals surface area contributed by atoms with Gasteiger partial charge in [0.15, 0.2) is 0 Å². The van der Waals surface area contributed by atoms with E-state index in [9.17, 15) is 4.79 Å². The molecule has 0 fully saturated rings. The summed E-state index contributed by atoms with van der Waals surface area (Å²) in [7, 11) is 0. The summed E-state index contributed by atoms with van der Waals surface area (Å²) >= 11 is 0. The zero-order valence-corrected chi connectivity index (χ0v) is 10.1. The van der Waals surface area contributed by atoms with E-state index >= 15 is 0 Å². The normalized spacial score (nSPS) is 10.7. The lowest BCUT2D eigenvalue weighted by atomic mass is 10.0. The zero-order valence-electron chi connectivity index (χ0n) is 10.1. The van der Waals surface area contributed by atoms with Crippen molar-refractivity contribution in [3.63, 3.8) is 0 Å². The smallest absolute Gasteiger partial charge is 0.371 e. The summed E-state index contributed by atoms with van der Waals surface area (Å²) in [5.41, 5.74) is 3.78. The van der Waals surface area contributed by atoms with E-state index in [2.05, 4.69) is 22.1 Å². The minimum absolute atomic E-state index is 0.0214. The number of nitrogens with zero attached hydrogens (tertiary/aromatic N) is 1. The Bertz CT molecular complexity index is 732.